The van der Waals surface area contributed by atoms with Gasteiger partial charge in [0, 0.05) is 18.2 Å². The molecule has 0 heterocycles. The van der Waals surface area contributed by atoms with Gasteiger partial charge in [0.15, 0.2) is 0 Å². The van der Waals surface area contributed by atoms with Gasteiger partial charge in [0.1, 0.15) is 18.2 Å². The Morgan fingerprint density at radius 3 is 2.65 bits per heavy atom. The number of hydrogen-bond donors (Lipinski definition) is 1. The second-order valence-electron chi connectivity index (χ2n) is 4.92. The van der Waals surface area contributed by atoms with E-state index >= 15 is 0 Å². The van der Waals surface area contributed by atoms with Gasteiger partial charge >= 0.3 is 0 Å². The molecule has 96 valence electrons. The van der Waals surface area contributed by atoms with E-state index in [0.29, 0.717) is 17.9 Å². The molecule has 17 heavy (non-hydrogen) atoms. The van der Waals surface area contributed by atoms with Gasteiger partial charge in [-0.3, -0.25) is 0 Å². The third kappa shape index (κ3) is 4.73. The van der Waals surface area contributed by atoms with E-state index in [1.54, 1.807) is 19.1 Å². The molecule has 0 aromatic heterocycles. The Bertz CT molecular complexity index is 363. The molecule has 1 aromatic rings. The van der Waals surface area contributed by atoms with Gasteiger partial charge in [0.2, 0.25) is 0 Å². The quantitative estimate of drug-likeness (QED) is 0.769. The summed E-state index contributed by atoms with van der Waals surface area (Å²) in [5, 5.41) is 3.39. The van der Waals surface area contributed by atoms with Crippen molar-refractivity contribution in [2.24, 2.45) is 0 Å². The Kier molecular flexibility index (Phi) is 4.94. The summed E-state index contributed by atoms with van der Waals surface area (Å²) in [5.41, 5.74) is 0.768. The van der Waals surface area contributed by atoms with Crippen molar-refractivity contribution >= 4 is 0 Å². The van der Waals surface area contributed by atoms with E-state index in [1.807, 2.05) is 0 Å². The number of halogens is 1. The lowest BCUT2D eigenvalue weighted by molar-refractivity contribution is 0.280. The molecule has 0 saturated heterocycles. The molecule has 0 bridgehead atoms. The molecule has 0 fully saturated rings. The number of benzene rings is 1. The molecule has 1 rings (SSSR count). The summed E-state index contributed by atoms with van der Waals surface area (Å²) in [5.74, 6) is 0.369. The van der Waals surface area contributed by atoms with Crippen molar-refractivity contribution in [3.8, 4) is 5.75 Å². The molecule has 1 aromatic carbocycles. The van der Waals surface area contributed by atoms with Gasteiger partial charge in [-0.1, -0.05) is 13.0 Å². The van der Waals surface area contributed by atoms with Crippen LogP contribution in [0.5, 0.6) is 5.75 Å². The lowest BCUT2D eigenvalue weighted by atomic mass is 10.0. The summed E-state index contributed by atoms with van der Waals surface area (Å²) in [6, 6.07) is 4.96. The van der Waals surface area contributed by atoms with Gasteiger partial charge in [0.05, 0.1) is 0 Å². The zero-order valence-corrected chi connectivity index (χ0v) is 11.1. The molecule has 0 radical (unpaired) electrons. The Morgan fingerprint density at radius 2 is 2.06 bits per heavy atom. The Labute approximate surface area is 103 Å². The van der Waals surface area contributed by atoms with Crippen LogP contribution in [0.3, 0.4) is 0 Å². The van der Waals surface area contributed by atoms with Crippen molar-refractivity contribution in [2.75, 3.05) is 13.2 Å². The third-order valence-corrected chi connectivity index (χ3v) is 3.00. The van der Waals surface area contributed by atoms with Crippen molar-refractivity contribution in [3.05, 3.63) is 29.6 Å². The van der Waals surface area contributed by atoms with Gasteiger partial charge < -0.3 is 10.1 Å². The normalized spacial score (nSPS) is 11.6. The first-order valence-corrected chi connectivity index (χ1v) is 6.08. The molecule has 0 spiro atoms. The van der Waals surface area contributed by atoms with Crippen molar-refractivity contribution in [2.45, 2.75) is 39.7 Å². The van der Waals surface area contributed by atoms with Crippen LogP contribution in [0.1, 0.15) is 32.8 Å². The lowest BCUT2D eigenvalue weighted by Gasteiger charge is -2.24. The Hall–Kier alpha value is -1.09. The second kappa shape index (κ2) is 6.01. The fraction of sp³-hybridized carbons (Fsp3) is 0.571. The molecule has 0 unspecified atom stereocenters. The molecule has 0 aliphatic heterocycles. The molecule has 3 heteroatoms. The average molecular weight is 239 g/mol. The van der Waals surface area contributed by atoms with Crippen LogP contribution >= 0.6 is 0 Å². The van der Waals surface area contributed by atoms with Gasteiger partial charge in [-0.15, -0.1) is 0 Å². The van der Waals surface area contributed by atoms with E-state index < -0.39 is 0 Å². The number of nitrogens with one attached hydrogen (secondary N) is 1. The predicted molar refractivity (Wildman–Crippen MR) is 69.0 cm³/mol. The van der Waals surface area contributed by atoms with E-state index in [1.165, 1.54) is 6.07 Å². The minimum Gasteiger partial charge on any atom is -0.492 e. The van der Waals surface area contributed by atoms with Crippen LogP contribution in [0, 0.1) is 12.7 Å². The molecule has 0 aliphatic rings. The average Bonchev–Trinajstić information content (AvgIpc) is 2.29. The lowest BCUT2D eigenvalue weighted by Crippen LogP contribution is -2.40. The highest BCUT2D eigenvalue weighted by Gasteiger charge is 2.12. The SMILES string of the molecule is CCC(C)(C)NCCOc1ccc(C)c(F)c1. The van der Waals surface area contributed by atoms with Crippen LogP contribution in [0.4, 0.5) is 4.39 Å². The number of aryl methyl sites for hydroxylation is 1. The second-order valence-corrected chi connectivity index (χ2v) is 4.92. The summed E-state index contributed by atoms with van der Waals surface area (Å²) >= 11 is 0. The van der Waals surface area contributed by atoms with Crippen LogP contribution in [0.15, 0.2) is 18.2 Å². The largest absolute Gasteiger partial charge is 0.492 e. The number of ether oxygens (including phenoxy) is 1. The van der Waals surface area contributed by atoms with E-state index in [9.17, 15) is 4.39 Å². The Morgan fingerprint density at radius 1 is 1.35 bits per heavy atom. The third-order valence-electron chi connectivity index (χ3n) is 3.00. The zero-order chi connectivity index (χ0) is 12.9. The van der Waals surface area contributed by atoms with E-state index in [0.717, 1.165) is 13.0 Å². The first-order chi connectivity index (χ1) is 7.94. The highest BCUT2D eigenvalue weighted by atomic mass is 19.1. The van der Waals surface area contributed by atoms with E-state index in [2.05, 4.69) is 26.1 Å². The number of rotatable bonds is 6. The molecule has 0 amide bonds. The predicted octanol–water partition coefficient (Wildman–Crippen LogP) is 3.29. The summed E-state index contributed by atoms with van der Waals surface area (Å²) in [4.78, 5) is 0. The molecule has 2 nitrogen and oxygen atoms in total. The summed E-state index contributed by atoms with van der Waals surface area (Å²) in [6.45, 7) is 9.49. The number of hydrogen-bond acceptors (Lipinski definition) is 2. The van der Waals surface area contributed by atoms with Gasteiger partial charge in [-0.2, -0.15) is 0 Å². The van der Waals surface area contributed by atoms with Crippen molar-refractivity contribution < 1.29 is 9.13 Å². The monoisotopic (exact) mass is 239 g/mol. The van der Waals surface area contributed by atoms with Gasteiger partial charge in [0.25, 0.3) is 0 Å². The van der Waals surface area contributed by atoms with E-state index in [-0.39, 0.29) is 11.4 Å². The van der Waals surface area contributed by atoms with Crippen molar-refractivity contribution in [1.29, 1.82) is 0 Å². The van der Waals surface area contributed by atoms with Crippen LogP contribution in [0.25, 0.3) is 0 Å². The maximum absolute atomic E-state index is 13.2. The molecular formula is C14H22FNO. The van der Waals surface area contributed by atoms with Gasteiger partial charge in [-0.05, 0) is 38.8 Å². The van der Waals surface area contributed by atoms with Crippen LogP contribution < -0.4 is 10.1 Å². The van der Waals surface area contributed by atoms with Crippen LogP contribution in [0.2, 0.25) is 0 Å². The maximum atomic E-state index is 13.2. The standard InChI is InChI=1S/C14H22FNO/c1-5-14(3,4)16-8-9-17-12-7-6-11(2)13(15)10-12/h6-7,10,16H,5,8-9H2,1-4H3. The van der Waals surface area contributed by atoms with Crippen LogP contribution in [-0.4, -0.2) is 18.7 Å². The summed E-state index contributed by atoms with van der Waals surface area (Å²) in [7, 11) is 0. The fourth-order valence-corrected chi connectivity index (χ4v) is 1.35. The van der Waals surface area contributed by atoms with E-state index in [4.69, 9.17) is 4.74 Å². The first-order valence-electron chi connectivity index (χ1n) is 6.08. The van der Waals surface area contributed by atoms with Crippen molar-refractivity contribution in [3.63, 3.8) is 0 Å². The highest BCUT2D eigenvalue weighted by molar-refractivity contribution is 5.27. The highest BCUT2D eigenvalue weighted by Crippen LogP contribution is 2.15. The maximum Gasteiger partial charge on any atom is 0.129 e. The first kappa shape index (κ1) is 14.0. The summed E-state index contributed by atoms with van der Waals surface area (Å²) in [6.07, 6.45) is 1.06. The summed E-state index contributed by atoms with van der Waals surface area (Å²) < 4.78 is 18.7. The zero-order valence-electron chi connectivity index (χ0n) is 11.1. The minimum atomic E-state index is -0.218. The van der Waals surface area contributed by atoms with Crippen molar-refractivity contribution in [1.82, 2.24) is 5.32 Å². The minimum absolute atomic E-state index is 0.127. The van der Waals surface area contributed by atoms with Crippen LogP contribution in [-0.2, 0) is 0 Å². The molecular weight excluding hydrogens is 217 g/mol. The smallest absolute Gasteiger partial charge is 0.129 e. The fourth-order valence-electron chi connectivity index (χ4n) is 1.35. The molecule has 0 atom stereocenters. The molecule has 0 saturated carbocycles. The molecule has 0 aliphatic carbocycles. The Balaban J connectivity index is 2.34. The topological polar surface area (TPSA) is 21.3 Å². The molecule has 1 N–H and O–H groups in total. The van der Waals surface area contributed by atoms with Gasteiger partial charge in [-0.25, -0.2) is 4.39 Å².